The predicted octanol–water partition coefficient (Wildman–Crippen LogP) is 4.79. The molecule has 1 heterocycles. The molecule has 0 bridgehead atoms. The van der Waals surface area contributed by atoms with Crippen molar-refractivity contribution in [3.63, 3.8) is 0 Å². The molecule has 31 heavy (non-hydrogen) atoms. The Morgan fingerprint density at radius 1 is 0.871 bits per heavy atom. The van der Waals surface area contributed by atoms with E-state index < -0.39 is 0 Å². The lowest BCUT2D eigenvalue weighted by atomic mass is 10.1. The number of rotatable bonds is 8. The molecule has 1 amide bonds. The largest absolute Gasteiger partial charge is 0.325 e. The maximum Gasteiger partial charge on any atom is 0.234 e. The van der Waals surface area contributed by atoms with Crippen molar-refractivity contribution in [2.24, 2.45) is 0 Å². The van der Waals surface area contributed by atoms with Crippen molar-refractivity contribution in [3.05, 3.63) is 108 Å². The van der Waals surface area contributed by atoms with Crippen LogP contribution in [-0.2, 0) is 17.8 Å². The standard InChI is InChI=1S/C24H21FN4OS/c25-20-11-13-21(14-12-20)26-23(30)17-31-24-28-27-22(15-18-7-3-1-4-8-18)29(24)16-19-9-5-2-6-10-19/h1-14H,15-17H2,(H,26,30). The summed E-state index contributed by atoms with van der Waals surface area (Å²) in [6.45, 7) is 0.623. The fraction of sp³-hybridized carbons (Fsp3) is 0.125. The topological polar surface area (TPSA) is 59.8 Å². The third-order valence-corrected chi connectivity index (χ3v) is 5.61. The molecule has 0 saturated carbocycles. The third-order valence-electron chi connectivity index (χ3n) is 4.64. The van der Waals surface area contributed by atoms with Crippen molar-refractivity contribution in [2.45, 2.75) is 18.1 Å². The van der Waals surface area contributed by atoms with E-state index in [2.05, 4.69) is 44.3 Å². The molecule has 1 N–H and O–H groups in total. The zero-order chi connectivity index (χ0) is 21.5. The summed E-state index contributed by atoms with van der Waals surface area (Å²) in [6, 6.07) is 25.9. The fourth-order valence-corrected chi connectivity index (χ4v) is 3.88. The van der Waals surface area contributed by atoms with Gasteiger partial charge >= 0.3 is 0 Å². The number of benzene rings is 3. The molecule has 3 aromatic carbocycles. The normalized spacial score (nSPS) is 10.7. The van der Waals surface area contributed by atoms with Gasteiger partial charge in [-0.3, -0.25) is 4.79 Å². The monoisotopic (exact) mass is 432 g/mol. The first-order chi connectivity index (χ1) is 15.2. The minimum absolute atomic E-state index is 0.176. The first-order valence-corrected chi connectivity index (χ1v) is 10.8. The van der Waals surface area contributed by atoms with Gasteiger partial charge in [-0.05, 0) is 35.4 Å². The number of nitrogens with zero attached hydrogens (tertiary/aromatic N) is 3. The number of hydrogen-bond donors (Lipinski definition) is 1. The van der Waals surface area contributed by atoms with E-state index >= 15 is 0 Å². The smallest absolute Gasteiger partial charge is 0.234 e. The van der Waals surface area contributed by atoms with Crippen LogP contribution in [0.3, 0.4) is 0 Å². The maximum atomic E-state index is 13.0. The second-order valence-electron chi connectivity index (χ2n) is 6.98. The van der Waals surface area contributed by atoms with E-state index in [1.807, 2.05) is 36.4 Å². The molecular weight excluding hydrogens is 411 g/mol. The van der Waals surface area contributed by atoms with Gasteiger partial charge in [-0.15, -0.1) is 10.2 Å². The number of halogens is 1. The van der Waals surface area contributed by atoms with Gasteiger partial charge in [0.2, 0.25) is 5.91 Å². The summed E-state index contributed by atoms with van der Waals surface area (Å²) in [5.41, 5.74) is 2.84. The Balaban J connectivity index is 1.49. The number of carbonyl (C=O) groups excluding carboxylic acids is 1. The molecule has 0 fully saturated rings. The number of thioether (sulfide) groups is 1. The van der Waals surface area contributed by atoms with Crippen LogP contribution in [0.25, 0.3) is 0 Å². The number of hydrogen-bond acceptors (Lipinski definition) is 4. The first kappa shape index (κ1) is 20.8. The molecule has 0 atom stereocenters. The van der Waals surface area contributed by atoms with Crippen molar-refractivity contribution < 1.29 is 9.18 Å². The lowest BCUT2D eigenvalue weighted by molar-refractivity contribution is -0.113. The summed E-state index contributed by atoms with van der Waals surface area (Å²) in [5, 5.41) is 12.2. The number of nitrogens with one attached hydrogen (secondary N) is 1. The Morgan fingerprint density at radius 3 is 2.19 bits per heavy atom. The molecule has 5 nitrogen and oxygen atoms in total. The van der Waals surface area contributed by atoms with Crippen LogP contribution in [-0.4, -0.2) is 26.4 Å². The number of aromatic nitrogens is 3. The highest BCUT2D eigenvalue weighted by Gasteiger charge is 2.15. The molecule has 0 aliphatic heterocycles. The molecule has 0 unspecified atom stereocenters. The van der Waals surface area contributed by atoms with Crippen molar-refractivity contribution in [1.82, 2.24) is 14.8 Å². The van der Waals surface area contributed by atoms with Crippen LogP contribution in [0, 0.1) is 5.82 Å². The van der Waals surface area contributed by atoms with Crippen LogP contribution in [0.5, 0.6) is 0 Å². The Bertz CT molecular complexity index is 1130. The highest BCUT2D eigenvalue weighted by Crippen LogP contribution is 2.21. The van der Waals surface area contributed by atoms with Gasteiger partial charge in [-0.1, -0.05) is 72.4 Å². The summed E-state index contributed by atoms with van der Waals surface area (Å²) >= 11 is 1.33. The molecule has 4 rings (SSSR count). The van der Waals surface area contributed by atoms with Crippen LogP contribution >= 0.6 is 11.8 Å². The molecule has 0 spiro atoms. The van der Waals surface area contributed by atoms with E-state index in [-0.39, 0.29) is 17.5 Å². The predicted molar refractivity (Wildman–Crippen MR) is 121 cm³/mol. The second kappa shape index (κ2) is 10.0. The molecular formula is C24H21FN4OS. The second-order valence-corrected chi connectivity index (χ2v) is 7.92. The zero-order valence-corrected chi connectivity index (χ0v) is 17.6. The summed E-state index contributed by atoms with van der Waals surface area (Å²) in [5.74, 6) is 0.495. The van der Waals surface area contributed by atoms with E-state index in [1.165, 1.54) is 36.0 Å². The van der Waals surface area contributed by atoms with Gasteiger partial charge in [-0.2, -0.15) is 0 Å². The molecule has 7 heteroatoms. The number of carbonyl (C=O) groups is 1. The van der Waals surface area contributed by atoms with Crippen molar-refractivity contribution in [2.75, 3.05) is 11.1 Å². The Kier molecular flexibility index (Phi) is 6.74. The van der Waals surface area contributed by atoms with Gasteiger partial charge in [0.05, 0.1) is 12.3 Å². The Morgan fingerprint density at radius 2 is 1.52 bits per heavy atom. The lowest BCUT2D eigenvalue weighted by Gasteiger charge is -2.11. The third kappa shape index (κ3) is 5.79. The van der Waals surface area contributed by atoms with Crippen molar-refractivity contribution in [3.8, 4) is 0 Å². The molecule has 1 aromatic heterocycles. The lowest BCUT2D eigenvalue weighted by Crippen LogP contribution is -2.15. The van der Waals surface area contributed by atoms with Crippen LogP contribution in [0.15, 0.2) is 90.1 Å². The zero-order valence-electron chi connectivity index (χ0n) is 16.7. The summed E-state index contributed by atoms with van der Waals surface area (Å²) in [4.78, 5) is 12.4. The van der Waals surface area contributed by atoms with Crippen molar-refractivity contribution >= 4 is 23.4 Å². The molecule has 0 aliphatic rings. The Hall–Kier alpha value is -3.45. The van der Waals surface area contributed by atoms with E-state index in [4.69, 9.17) is 0 Å². The van der Waals surface area contributed by atoms with E-state index in [0.717, 1.165) is 17.0 Å². The molecule has 0 radical (unpaired) electrons. The fourth-order valence-electron chi connectivity index (χ4n) is 3.12. The summed E-state index contributed by atoms with van der Waals surface area (Å²) < 4.78 is 15.1. The highest BCUT2D eigenvalue weighted by atomic mass is 32.2. The first-order valence-electron chi connectivity index (χ1n) is 9.85. The summed E-state index contributed by atoms with van der Waals surface area (Å²) in [6.07, 6.45) is 0.656. The van der Waals surface area contributed by atoms with Gasteiger partial charge in [0.25, 0.3) is 0 Å². The molecule has 4 aromatic rings. The van der Waals surface area contributed by atoms with Gasteiger partial charge in [0.1, 0.15) is 11.6 Å². The van der Waals surface area contributed by atoms with Gasteiger partial charge < -0.3 is 9.88 Å². The maximum absolute atomic E-state index is 13.0. The number of amides is 1. The van der Waals surface area contributed by atoms with Crippen LogP contribution in [0.2, 0.25) is 0 Å². The van der Waals surface area contributed by atoms with Crippen molar-refractivity contribution in [1.29, 1.82) is 0 Å². The SMILES string of the molecule is O=C(CSc1nnc(Cc2ccccc2)n1Cc1ccccc1)Nc1ccc(F)cc1. The quantitative estimate of drug-likeness (QED) is 0.407. The van der Waals surface area contributed by atoms with E-state index in [1.54, 1.807) is 0 Å². The van der Waals surface area contributed by atoms with Crippen LogP contribution in [0.1, 0.15) is 17.0 Å². The highest BCUT2D eigenvalue weighted by molar-refractivity contribution is 7.99. The van der Waals surface area contributed by atoms with Crippen LogP contribution in [0.4, 0.5) is 10.1 Å². The van der Waals surface area contributed by atoms with E-state index in [0.29, 0.717) is 23.8 Å². The average molecular weight is 433 g/mol. The summed E-state index contributed by atoms with van der Waals surface area (Å²) in [7, 11) is 0. The molecule has 156 valence electrons. The minimum Gasteiger partial charge on any atom is -0.325 e. The Labute approximate surface area is 184 Å². The van der Waals surface area contributed by atoms with Gasteiger partial charge in [0.15, 0.2) is 5.16 Å². The van der Waals surface area contributed by atoms with Gasteiger partial charge in [-0.25, -0.2) is 4.39 Å². The molecule has 0 aliphatic carbocycles. The molecule has 0 saturated heterocycles. The van der Waals surface area contributed by atoms with Crippen LogP contribution < -0.4 is 5.32 Å². The van der Waals surface area contributed by atoms with Gasteiger partial charge in [0, 0.05) is 12.1 Å². The number of anilines is 1. The minimum atomic E-state index is -0.340. The average Bonchev–Trinajstić information content (AvgIpc) is 3.16. The van der Waals surface area contributed by atoms with E-state index in [9.17, 15) is 9.18 Å².